The third-order valence-corrected chi connectivity index (χ3v) is 7.63. The van der Waals surface area contributed by atoms with Crippen molar-refractivity contribution in [2.45, 2.75) is 30.6 Å². The van der Waals surface area contributed by atoms with E-state index in [-0.39, 0.29) is 16.2 Å². The lowest BCUT2D eigenvalue weighted by atomic mass is 9.87. The molecule has 0 saturated carbocycles. The molecule has 3 saturated heterocycles. The third kappa shape index (κ3) is 3.09. The van der Waals surface area contributed by atoms with Gasteiger partial charge in [0.2, 0.25) is 10.0 Å². The summed E-state index contributed by atoms with van der Waals surface area (Å²) >= 11 is 0. The van der Waals surface area contributed by atoms with Gasteiger partial charge in [-0.25, -0.2) is 8.42 Å². The van der Waals surface area contributed by atoms with Crippen molar-refractivity contribution >= 4 is 15.9 Å². The minimum atomic E-state index is -3.43. The molecule has 0 radical (unpaired) electrons. The molecule has 0 N–H and O–H groups in total. The molecule has 3 heterocycles. The van der Waals surface area contributed by atoms with Gasteiger partial charge >= 0.3 is 0 Å². The summed E-state index contributed by atoms with van der Waals surface area (Å²) in [7, 11) is -3.43. The van der Waals surface area contributed by atoms with E-state index in [0.717, 1.165) is 52.0 Å². The molecule has 1 atom stereocenters. The first-order valence-corrected chi connectivity index (χ1v) is 10.4. The van der Waals surface area contributed by atoms with Gasteiger partial charge in [0.15, 0.2) is 0 Å². The number of amides is 1. The van der Waals surface area contributed by atoms with Gasteiger partial charge in [0.05, 0.1) is 11.5 Å². The van der Waals surface area contributed by atoms with Crippen LogP contribution >= 0.6 is 0 Å². The number of likely N-dealkylation sites (tertiary alicyclic amines) is 1. The lowest BCUT2D eigenvalue weighted by Crippen LogP contribution is -2.32. The average Bonchev–Trinajstić information content (AvgIpc) is 3.38. The van der Waals surface area contributed by atoms with Crippen LogP contribution in [0.25, 0.3) is 0 Å². The van der Waals surface area contributed by atoms with Crippen molar-refractivity contribution in [1.29, 1.82) is 0 Å². The van der Waals surface area contributed by atoms with Gasteiger partial charge in [-0.05, 0) is 49.9 Å². The summed E-state index contributed by atoms with van der Waals surface area (Å²) in [5.74, 6) is -0.0195. The van der Waals surface area contributed by atoms with Crippen molar-refractivity contribution in [1.82, 2.24) is 9.21 Å². The van der Waals surface area contributed by atoms with E-state index in [1.54, 1.807) is 24.3 Å². The summed E-state index contributed by atoms with van der Waals surface area (Å²) in [6.07, 6.45) is 3.83. The Morgan fingerprint density at radius 2 is 1.76 bits per heavy atom. The van der Waals surface area contributed by atoms with Crippen molar-refractivity contribution in [3.63, 3.8) is 0 Å². The maximum Gasteiger partial charge on any atom is 0.253 e. The highest BCUT2D eigenvalue weighted by molar-refractivity contribution is 7.89. The first-order chi connectivity index (χ1) is 12.0. The summed E-state index contributed by atoms with van der Waals surface area (Å²) in [6, 6.07) is 6.40. The Kier molecular flexibility index (Phi) is 4.33. The van der Waals surface area contributed by atoms with Crippen LogP contribution in [0.4, 0.5) is 0 Å². The van der Waals surface area contributed by atoms with E-state index in [1.807, 2.05) is 4.90 Å². The van der Waals surface area contributed by atoms with Gasteiger partial charge in [-0.2, -0.15) is 4.31 Å². The molecule has 3 aliphatic heterocycles. The van der Waals surface area contributed by atoms with Crippen LogP contribution in [0.2, 0.25) is 0 Å². The smallest absolute Gasteiger partial charge is 0.253 e. The maximum atomic E-state index is 12.7. The summed E-state index contributed by atoms with van der Waals surface area (Å²) < 4.78 is 32.1. The highest BCUT2D eigenvalue weighted by Crippen LogP contribution is 2.38. The molecular weight excluding hydrogens is 340 g/mol. The molecule has 4 rings (SSSR count). The molecule has 6 nitrogen and oxygen atoms in total. The zero-order chi connectivity index (χ0) is 17.5. The molecule has 0 unspecified atom stereocenters. The van der Waals surface area contributed by atoms with Crippen LogP contribution in [0.5, 0.6) is 0 Å². The summed E-state index contributed by atoms with van der Waals surface area (Å²) in [5, 5.41) is 0. The monoisotopic (exact) mass is 364 g/mol. The number of carbonyl (C=O) groups is 1. The zero-order valence-corrected chi connectivity index (χ0v) is 15.1. The second kappa shape index (κ2) is 6.37. The topological polar surface area (TPSA) is 66.9 Å². The van der Waals surface area contributed by atoms with Gasteiger partial charge in [-0.1, -0.05) is 0 Å². The van der Waals surface area contributed by atoms with Crippen molar-refractivity contribution < 1.29 is 17.9 Å². The number of rotatable bonds is 3. The van der Waals surface area contributed by atoms with Gasteiger partial charge in [-0.15, -0.1) is 0 Å². The maximum absolute atomic E-state index is 12.7. The zero-order valence-electron chi connectivity index (χ0n) is 14.3. The van der Waals surface area contributed by atoms with E-state index in [1.165, 1.54) is 4.31 Å². The summed E-state index contributed by atoms with van der Waals surface area (Å²) in [6.45, 7) is 4.17. The van der Waals surface area contributed by atoms with E-state index >= 15 is 0 Å². The minimum absolute atomic E-state index is 0.0195. The highest BCUT2D eigenvalue weighted by atomic mass is 32.2. The van der Waals surface area contributed by atoms with Gasteiger partial charge in [0, 0.05) is 43.8 Å². The van der Waals surface area contributed by atoms with E-state index in [2.05, 4.69) is 0 Å². The minimum Gasteiger partial charge on any atom is -0.381 e. The van der Waals surface area contributed by atoms with Crippen LogP contribution in [-0.2, 0) is 14.8 Å². The van der Waals surface area contributed by atoms with Crippen molar-refractivity contribution in [2.75, 3.05) is 39.4 Å². The van der Waals surface area contributed by atoms with Gasteiger partial charge in [0.25, 0.3) is 5.91 Å². The number of sulfonamides is 1. The average molecular weight is 364 g/mol. The number of ether oxygens (including phenoxy) is 1. The Bertz CT molecular complexity index is 748. The molecule has 0 aromatic heterocycles. The number of hydrogen-bond acceptors (Lipinski definition) is 4. The Morgan fingerprint density at radius 3 is 2.40 bits per heavy atom. The lowest BCUT2D eigenvalue weighted by molar-refractivity contribution is 0.0765. The molecule has 1 spiro atoms. The van der Waals surface area contributed by atoms with E-state index in [9.17, 15) is 13.2 Å². The van der Waals surface area contributed by atoms with Crippen LogP contribution in [0.15, 0.2) is 29.2 Å². The number of carbonyl (C=O) groups excluding carboxylic acids is 1. The van der Waals surface area contributed by atoms with Crippen molar-refractivity contribution in [3.05, 3.63) is 29.8 Å². The molecule has 1 aromatic rings. The Morgan fingerprint density at radius 1 is 1.04 bits per heavy atom. The number of nitrogens with zero attached hydrogens (tertiary/aromatic N) is 2. The molecule has 1 aromatic carbocycles. The van der Waals surface area contributed by atoms with Crippen LogP contribution < -0.4 is 0 Å². The molecule has 7 heteroatoms. The standard InChI is InChI=1S/C18H24N2O4S/c21-17(19-11-7-18(13-19)8-12-24-14-18)15-3-5-16(6-4-15)25(22,23)20-9-1-2-10-20/h3-6H,1-2,7-14H2/t18-/m0/s1. The molecule has 0 aliphatic carbocycles. The lowest BCUT2D eigenvalue weighted by Gasteiger charge is -2.22. The summed E-state index contributed by atoms with van der Waals surface area (Å²) in [5.41, 5.74) is 0.686. The predicted octanol–water partition coefficient (Wildman–Crippen LogP) is 1.72. The second-order valence-electron chi connectivity index (χ2n) is 7.41. The fourth-order valence-electron chi connectivity index (χ4n) is 4.11. The normalized spacial score (nSPS) is 27.4. The van der Waals surface area contributed by atoms with E-state index in [4.69, 9.17) is 4.74 Å². The van der Waals surface area contributed by atoms with Gasteiger partial charge in [-0.3, -0.25) is 4.79 Å². The summed E-state index contributed by atoms with van der Waals surface area (Å²) in [4.78, 5) is 14.9. The molecular formula is C18H24N2O4S. The van der Waals surface area contributed by atoms with Crippen molar-refractivity contribution in [3.8, 4) is 0 Å². The molecule has 136 valence electrons. The Balaban J connectivity index is 1.48. The third-order valence-electron chi connectivity index (χ3n) is 5.71. The number of benzene rings is 1. The Labute approximate surface area is 148 Å². The van der Waals surface area contributed by atoms with Gasteiger partial charge in [0.1, 0.15) is 0 Å². The van der Waals surface area contributed by atoms with Crippen LogP contribution in [0.1, 0.15) is 36.0 Å². The Hall–Kier alpha value is -1.44. The van der Waals surface area contributed by atoms with E-state index in [0.29, 0.717) is 18.7 Å². The highest BCUT2D eigenvalue weighted by Gasteiger charge is 2.42. The molecule has 3 aliphatic rings. The quantitative estimate of drug-likeness (QED) is 0.819. The van der Waals surface area contributed by atoms with Gasteiger partial charge < -0.3 is 9.64 Å². The van der Waals surface area contributed by atoms with E-state index < -0.39 is 10.0 Å². The molecule has 0 bridgehead atoms. The molecule has 25 heavy (non-hydrogen) atoms. The second-order valence-corrected chi connectivity index (χ2v) is 9.35. The first kappa shape index (κ1) is 17.0. The molecule has 1 amide bonds. The fourth-order valence-corrected chi connectivity index (χ4v) is 5.63. The van der Waals surface area contributed by atoms with Crippen LogP contribution in [0.3, 0.4) is 0 Å². The van der Waals surface area contributed by atoms with Crippen LogP contribution in [-0.4, -0.2) is 62.9 Å². The van der Waals surface area contributed by atoms with Crippen molar-refractivity contribution in [2.24, 2.45) is 5.41 Å². The first-order valence-electron chi connectivity index (χ1n) is 8.98. The predicted molar refractivity (Wildman–Crippen MR) is 92.8 cm³/mol. The molecule has 3 fully saturated rings. The largest absolute Gasteiger partial charge is 0.381 e. The SMILES string of the molecule is O=C(c1ccc(S(=O)(=O)N2CCCC2)cc1)N1CC[C@]2(CCOC2)C1. The van der Waals surface area contributed by atoms with Crippen LogP contribution in [0, 0.1) is 5.41 Å². The fraction of sp³-hybridized carbons (Fsp3) is 0.611. The number of hydrogen-bond donors (Lipinski definition) is 0.